The fourth-order valence-electron chi connectivity index (χ4n) is 1.92. The molecule has 0 aliphatic carbocycles. The summed E-state index contributed by atoms with van der Waals surface area (Å²) >= 11 is 2.98. The van der Waals surface area contributed by atoms with E-state index >= 15 is 0 Å². The number of carbonyl (C=O) groups is 3. The topological polar surface area (TPSA) is 72.5 Å². The molecule has 1 amide bonds. The van der Waals surface area contributed by atoms with Gasteiger partial charge in [0.1, 0.15) is 0 Å². The van der Waals surface area contributed by atoms with Crippen LogP contribution in [-0.4, -0.2) is 36.6 Å². The molecule has 1 heterocycles. The Kier molecular flexibility index (Phi) is 8.21. The van der Waals surface area contributed by atoms with Crippen LogP contribution < -0.4 is 5.32 Å². The lowest BCUT2D eigenvalue weighted by molar-refractivity contribution is -0.148. The molecule has 132 valence electrons. The summed E-state index contributed by atoms with van der Waals surface area (Å²) in [7, 11) is 0. The van der Waals surface area contributed by atoms with E-state index in [4.69, 9.17) is 4.74 Å². The van der Waals surface area contributed by atoms with Crippen molar-refractivity contribution in [1.29, 1.82) is 0 Å². The number of thioether (sulfide) groups is 1. The van der Waals surface area contributed by atoms with E-state index in [0.717, 1.165) is 10.6 Å². The molecule has 5 nitrogen and oxygen atoms in total. The zero-order chi connectivity index (χ0) is 17.9. The molecule has 0 fully saturated rings. The lowest BCUT2D eigenvalue weighted by atomic mass is 10.2. The molecule has 1 aromatic heterocycles. The van der Waals surface area contributed by atoms with Crippen molar-refractivity contribution in [3.63, 3.8) is 0 Å². The molecular formula is C18H19NO4S2. The van der Waals surface area contributed by atoms with Gasteiger partial charge in [-0.2, -0.15) is 0 Å². The minimum absolute atomic E-state index is 0.0200. The van der Waals surface area contributed by atoms with Crippen LogP contribution in [0.5, 0.6) is 0 Å². The monoisotopic (exact) mass is 377 g/mol. The number of hydrogen-bond donors (Lipinski definition) is 1. The predicted octanol–water partition coefficient (Wildman–Crippen LogP) is 3.16. The summed E-state index contributed by atoms with van der Waals surface area (Å²) in [5.74, 6) is -0.237. The van der Waals surface area contributed by atoms with E-state index in [1.54, 1.807) is 23.9 Å². The summed E-state index contributed by atoms with van der Waals surface area (Å²) < 4.78 is 4.88. The molecule has 0 aliphatic rings. The zero-order valence-electron chi connectivity index (χ0n) is 13.6. The Morgan fingerprint density at radius 2 is 1.84 bits per heavy atom. The van der Waals surface area contributed by atoms with Crippen LogP contribution in [0.3, 0.4) is 0 Å². The number of ether oxygens (including phenoxy) is 1. The van der Waals surface area contributed by atoms with Crippen molar-refractivity contribution in [2.24, 2.45) is 0 Å². The molecular weight excluding hydrogens is 358 g/mol. The second-order valence-electron chi connectivity index (χ2n) is 5.07. The molecule has 1 N–H and O–H groups in total. The lowest BCUT2D eigenvalue weighted by Crippen LogP contribution is -2.30. The number of rotatable bonds is 10. The second kappa shape index (κ2) is 10.7. The van der Waals surface area contributed by atoms with E-state index in [1.807, 2.05) is 35.7 Å². The number of esters is 1. The molecule has 0 aliphatic heterocycles. The van der Waals surface area contributed by atoms with Gasteiger partial charge in [-0.1, -0.05) is 24.3 Å². The Morgan fingerprint density at radius 3 is 2.56 bits per heavy atom. The first-order valence-electron chi connectivity index (χ1n) is 7.82. The van der Waals surface area contributed by atoms with Gasteiger partial charge in [0.15, 0.2) is 12.4 Å². The third-order valence-electron chi connectivity index (χ3n) is 3.15. The van der Waals surface area contributed by atoms with Gasteiger partial charge in [0.05, 0.1) is 11.3 Å². The average Bonchev–Trinajstić information content (AvgIpc) is 3.17. The van der Waals surface area contributed by atoms with Gasteiger partial charge in [0.25, 0.3) is 5.91 Å². The molecule has 0 spiro atoms. The van der Waals surface area contributed by atoms with Crippen LogP contribution in [0.25, 0.3) is 0 Å². The SMILES string of the molecule is O=C(COC(=O)CCC(=O)c1cccs1)NCCSc1ccccc1. The first-order chi connectivity index (χ1) is 12.1. The molecule has 25 heavy (non-hydrogen) atoms. The first-order valence-corrected chi connectivity index (χ1v) is 9.68. The van der Waals surface area contributed by atoms with Crippen molar-refractivity contribution in [3.8, 4) is 0 Å². The highest BCUT2D eigenvalue weighted by molar-refractivity contribution is 7.99. The lowest BCUT2D eigenvalue weighted by Gasteiger charge is -2.06. The van der Waals surface area contributed by atoms with Gasteiger partial charge in [-0.3, -0.25) is 14.4 Å². The highest BCUT2D eigenvalue weighted by Gasteiger charge is 2.12. The smallest absolute Gasteiger partial charge is 0.306 e. The fourth-order valence-corrected chi connectivity index (χ4v) is 3.41. The number of amides is 1. The van der Waals surface area contributed by atoms with Crippen molar-refractivity contribution in [3.05, 3.63) is 52.7 Å². The standard InChI is InChI=1S/C18H19NO4S2/c20-15(16-7-4-11-25-16)8-9-18(22)23-13-17(21)19-10-12-24-14-5-2-1-3-6-14/h1-7,11H,8-10,12-13H2,(H,19,21). The Balaban J connectivity index is 1.53. The van der Waals surface area contributed by atoms with Crippen LogP contribution in [0, 0.1) is 0 Å². The van der Waals surface area contributed by atoms with Crippen molar-refractivity contribution in [2.75, 3.05) is 18.9 Å². The van der Waals surface area contributed by atoms with Gasteiger partial charge in [-0.25, -0.2) is 0 Å². The Morgan fingerprint density at radius 1 is 1.04 bits per heavy atom. The van der Waals surface area contributed by atoms with E-state index < -0.39 is 5.97 Å². The highest BCUT2D eigenvalue weighted by Crippen LogP contribution is 2.15. The van der Waals surface area contributed by atoms with Crippen LogP contribution in [0.1, 0.15) is 22.5 Å². The maximum Gasteiger partial charge on any atom is 0.306 e. The summed E-state index contributed by atoms with van der Waals surface area (Å²) in [5, 5.41) is 4.50. The number of Topliss-reactive ketones (excluding diaryl/α,β-unsaturated/α-hetero) is 1. The predicted molar refractivity (Wildman–Crippen MR) is 99.0 cm³/mol. The van der Waals surface area contributed by atoms with E-state index in [1.165, 1.54) is 11.3 Å². The molecule has 0 bridgehead atoms. The molecule has 0 radical (unpaired) electrons. The van der Waals surface area contributed by atoms with Crippen LogP contribution in [-0.2, 0) is 14.3 Å². The molecule has 2 rings (SSSR count). The number of hydrogen-bond acceptors (Lipinski definition) is 6. The van der Waals surface area contributed by atoms with Gasteiger partial charge in [0.2, 0.25) is 0 Å². The largest absolute Gasteiger partial charge is 0.456 e. The van der Waals surface area contributed by atoms with E-state index in [9.17, 15) is 14.4 Å². The van der Waals surface area contributed by atoms with Crippen molar-refractivity contribution in [1.82, 2.24) is 5.32 Å². The molecule has 2 aromatic rings. The number of nitrogens with one attached hydrogen (secondary N) is 1. The summed E-state index contributed by atoms with van der Waals surface area (Å²) in [6.07, 6.45) is 0.0720. The molecule has 0 atom stereocenters. The summed E-state index contributed by atoms with van der Waals surface area (Å²) in [5.41, 5.74) is 0. The van der Waals surface area contributed by atoms with Gasteiger partial charge >= 0.3 is 5.97 Å². The van der Waals surface area contributed by atoms with E-state index in [2.05, 4.69) is 5.32 Å². The third kappa shape index (κ3) is 7.53. The van der Waals surface area contributed by atoms with Gasteiger partial charge in [-0.05, 0) is 23.6 Å². The molecule has 0 saturated carbocycles. The molecule has 7 heteroatoms. The van der Waals surface area contributed by atoms with Crippen molar-refractivity contribution in [2.45, 2.75) is 17.7 Å². The third-order valence-corrected chi connectivity index (χ3v) is 5.08. The average molecular weight is 377 g/mol. The van der Waals surface area contributed by atoms with E-state index in [-0.39, 0.29) is 31.1 Å². The van der Waals surface area contributed by atoms with Gasteiger partial charge in [0, 0.05) is 23.6 Å². The maximum atomic E-state index is 11.8. The van der Waals surface area contributed by atoms with Crippen LogP contribution in [0.2, 0.25) is 0 Å². The minimum atomic E-state index is -0.543. The number of thiophene rings is 1. The normalized spacial score (nSPS) is 10.2. The van der Waals surface area contributed by atoms with Crippen LogP contribution >= 0.6 is 23.1 Å². The second-order valence-corrected chi connectivity index (χ2v) is 7.19. The molecule has 0 unspecified atom stereocenters. The maximum absolute atomic E-state index is 11.8. The summed E-state index contributed by atoms with van der Waals surface area (Å²) in [4.78, 5) is 36.7. The van der Waals surface area contributed by atoms with Crippen LogP contribution in [0.15, 0.2) is 52.7 Å². The zero-order valence-corrected chi connectivity index (χ0v) is 15.2. The van der Waals surface area contributed by atoms with Gasteiger partial charge in [-0.15, -0.1) is 23.1 Å². The molecule has 1 aromatic carbocycles. The Labute approximate surface area is 154 Å². The van der Waals surface area contributed by atoms with E-state index in [0.29, 0.717) is 11.4 Å². The highest BCUT2D eigenvalue weighted by atomic mass is 32.2. The number of ketones is 1. The number of benzene rings is 1. The quantitative estimate of drug-likeness (QED) is 0.298. The fraction of sp³-hybridized carbons (Fsp3) is 0.278. The van der Waals surface area contributed by atoms with Crippen molar-refractivity contribution < 1.29 is 19.1 Å². The van der Waals surface area contributed by atoms with Crippen molar-refractivity contribution >= 4 is 40.8 Å². The van der Waals surface area contributed by atoms with Crippen LogP contribution in [0.4, 0.5) is 0 Å². The minimum Gasteiger partial charge on any atom is -0.456 e. The summed E-state index contributed by atoms with van der Waals surface area (Å²) in [6, 6.07) is 13.4. The Bertz CT molecular complexity index is 686. The molecule has 0 saturated heterocycles. The Hall–Kier alpha value is -2.12. The van der Waals surface area contributed by atoms with Gasteiger partial charge < -0.3 is 10.1 Å². The summed E-state index contributed by atoms with van der Waals surface area (Å²) in [6.45, 7) is 0.175. The first kappa shape index (κ1) is 19.2. The number of carbonyl (C=O) groups excluding carboxylic acids is 3.